The Kier molecular flexibility index (Phi) is 20.8. The van der Waals surface area contributed by atoms with Gasteiger partial charge in [-0.2, -0.15) is 0 Å². The molecular weight excluding hydrogens is 1600 g/mol. The summed E-state index contributed by atoms with van der Waals surface area (Å²) in [6.45, 7) is 0. The summed E-state index contributed by atoms with van der Waals surface area (Å²) in [5.41, 5.74) is 17.9. The smallest absolute Gasteiger partial charge is 0.164 e. The maximum atomic E-state index is 5.06. The van der Waals surface area contributed by atoms with Crippen molar-refractivity contribution in [2.45, 2.75) is 0 Å². The minimum atomic E-state index is 0.645. The third-order valence-electron chi connectivity index (χ3n) is 24.9. The van der Waals surface area contributed by atoms with Crippen molar-refractivity contribution in [2.24, 2.45) is 0 Å². The van der Waals surface area contributed by atoms with Crippen LogP contribution in [0.2, 0.25) is 0 Å². The molecule has 3 aromatic heterocycles. The van der Waals surface area contributed by atoms with Crippen molar-refractivity contribution in [1.29, 1.82) is 0 Å². The molecule has 132 heavy (non-hydrogen) atoms. The van der Waals surface area contributed by atoms with E-state index >= 15 is 0 Å². The number of rotatable bonds is 13. The third kappa shape index (κ3) is 15.8. The van der Waals surface area contributed by atoms with Crippen molar-refractivity contribution in [2.75, 3.05) is 0 Å². The van der Waals surface area contributed by atoms with Gasteiger partial charge in [0.15, 0.2) is 52.4 Å². The van der Waals surface area contributed by atoms with E-state index in [1.807, 2.05) is 84.9 Å². The van der Waals surface area contributed by atoms with Gasteiger partial charge in [0.25, 0.3) is 0 Å². The lowest BCUT2D eigenvalue weighted by Gasteiger charge is -2.12. The first-order valence-electron chi connectivity index (χ1n) is 44.4. The summed E-state index contributed by atoms with van der Waals surface area (Å²) < 4.78 is 0. The summed E-state index contributed by atoms with van der Waals surface area (Å²) in [6, 6.07) is 167. The van der Waals surface area contributed by atoms with Gasteiger partial charge in [-0.05, 0) is 166 Å². The van der Waals surface area contributed by atoms with Gasteiger partial charge in [-0.25, -0.2) is 44.9 Å². The molecule has 0 spiro atoms. The first-order valence-corrected chi connectivity index (χ1v) is 44.4. The highest BCUT2D eigenvalue weighted by Crippen LogP contribution is 2.41. The summed E-state index contributed by atoms with van der Waals surface area (Å²) in [5.74, 6) is 5.88. The van der Waals surface area contributed by atoms with E-state index < -0.39 is 0 Å². The standard InChI is InChI=1S/C45H29N3.2C39H25N3/c1-3-9-30(10-4-1)32-15-22-36(23-16-32)43-46-44(37-24-17-33(18-25-37)31-11-5-2-6-12-31)48-45(47-43)39-27-28-41-38(29-39)26-21-35-20-19-34-13-7-8-14-40(34)42(35)41;1-3-10-26(11-4-1)30-15-9-16-32(24-30)38-40-37(29-13-5-2-6-14-29)41-39(42-38)33-22-23-35-31(25-33)21-20-28-19-18-27-12-7-8-17-34(27)36(28)35;1-3-9-26(10-4-1)27-15-20-31(21-16-27)38-40-37(30-12-5-2-6-13-30)41-39(42-38)33-23-24-35-32(25-33)22-19-29-18-17-28-11-7-8-14-34(28)36(29)35/h1-29H;2*1-25H. The molecule has 0 radical (unpaired) electrons. The Labute approximate surface area is 762 Å². The summed E-state index contributed by atoms with van der Waals surface area (Å²) in [7, 11) is 0. The molecule has 3 heterocycles. The predicted molar refractivity (Wildman–Crippen MR) is 548 cm³/mol. The monoisotopic (exact) mass is 1680 g/mol. The molecule has 9 heteroatoms. The van der Waals surface area contributed by atoms with Gasteiger partial charge in [-0.1, -0.05) is 455 Å². The van der Waals surface area contributed by atoms with Gasteiger partial charge in [-0.15, -0.1) is 0 Å². The Morgan fingerprint density at radius 2 is 0.258 bits per heavy atom. The Hall–Kier alpha value is -17.8. The first-order chi connectivity index (χ1) is 65.4. The van der Waals surface area contributed by atoms with Crippen LogP contribution in [0.3, 0.4) is 0 Å². The lowest BCUT2D eigenvalue weighted by molar-refractivity contribution is 1.07. The zero-order valence-electron chi connectivity index (χ0n) is 71.6. The Bertz CT molecular complexity index is 8550. The fourth-order valence-electron chi connectivity index (χ4n) is 18.2. The van der Waals surface area contributed by atoms with E-state index in [2.05, 4.69) is 394 Å². The topological polar surface area (TPSA) is 116 Å². The van der Waals surface area contributed by atoms with E-state index in [1.165, 1.54) is 97.5 Å². The first kappa shape index (κ1) is 78.9. The van der Waals surface area contributed by atoms with E-state index in [4.69, 9.17) is 44.9 Å². The second-order valence-corrected chi connectivity index (χ2v) is 33.1. The Morgan fingerprint density at radius 3 is 0.538 bits per heavy atom. The van der Waals surface area contributed by atoms with Crippen LogP contribution < -0.4 is 0 Å². The molecule has 25 aromatic rings. The van der Waals surface area contributed by atoms with Crippen LogP contribution in [0.5, 0.6) is 0 Å². The molecule has 0 aliphatic rings. The van der Waals surface area contributed by atoms with E-state index in [-0.39, 0.29) is 0 Å². The van der Waals surface area contributed by atoms with Crippen molar-refractivity contribution in [3.05, 3.63) is 479 Å². The van der Waals surface area contributed by atoms with Gasteiger partial charge in [0.2, 0.25) is 0 Å². The van der Waals surface area contributed by atoms with Crippen molar-refractivity contribution >= 4 is 97.0 Å². The summed E-state index contributed by atoms with van der Waals surface area (Å²) in [4.78, 5) is 45.0. The predicted octanol–water partition coefficient (Wildman–Crippen LogP) is 31.7. The highest BCUT2D eigenvalue weighted by Gasteiger charge is 2.21. The average Bonchev–Trinajstić information content (AvgIpc) is 0.753. The van der Waals surface area contributed by atoms with Gasteiger partial charge in [0.05, 0.1) is 0 Å². The molecule has 0 atom stereocenters. The van der Waals surface area contributed by atoms with Crippen LogP contribution in [0.25, 0.3) is 244 Å². The summed E-state index contributed by atoms with van der Waals surface area (Å²) >= 11 is 0. The fraction of sp³-hybridized carbons (Fsp3) is 0. The van der Waals surface area contributed by atoms with Crippen molar-refractivity contribution in [3.8, 4) is 147 Å². The summed E-state index contributed by atoms with van der Waals surface area (Å²) in [6.07, 6.45) is 0. The molecule has 22 aromatic carbocycles. The van der Waals surface area contributed by atoms with Crippen LogP contribution >= 0.6 is 0 Å². The van der Waals surface area contributed by atoms with Crippen molar-refractivity contribution in [3.63, 3.8) is 0 Å². The molecule has 0 N–H and O–H groups in total. The van der Waals surface area contributed by atoms with Crippen LogP contribution in [-0.2, 0) is 0 Å². The van der Waals surface area contributed by atoms with Crippen molar-refractivity contribution in [1.82, 2.24) is 44.9 Å². The number of aromatic nitrogens is 9. The second-order valence-electron chi connectivity index (χ2n) is 33.1. The van der Waals surface area contributed by atoms with E-state index in [0.717, 1.165) is 94.0 Å². The molecule has 0 aliphatic carbocycles. The molecular formula is C123H79N9. The molecule has 0 aliphatic heterocycles. The van der Waals surface area contributed by atoms with Gasteiger partial charge in [0, 0.05) is 50.1 Å². The average molecular weight is 1680 g/mol. The minimum absolute atomic E-state index is 0.645. The zero-order chi connectivity index (χ0) is 87.6. The number of fused-ring (bicyclic) bond motifs is 15. The van der Waals surface area contributed by atoms with Crippen LogP contribution in [0.4, 0.5) is 0 Å². The van der Waals surface area contributed by atoms with Crippen molar-refractivity contribution < 1.29 is 0 Å². The van der Waals surface area contributed by atoms with E-state index in [9.17, 15) is 0 Å². The van der Waals surface area contributed by atoms with Gasteiger partial charge in [0.1, 0.15) is 0 Å². The quantitative estimate of drug-likeness (QED) is 0.104. The molecule has 0 amide bonds. The van der Waals surface area contributed by atoms with Crippen LogP contribution in [0.15, 0.2) is 479 Å². The largest absolute Gasteiger partial charge is 0.208 e. The minimum Gasteiger partial charge on any atom is -0.208 e. The number of hydrogen-bond donors (Lipinski definition) is 0. The molecule has 25 rings (SSSR count). The normalized spacial score (nSPS) is 11.3. The lowest BCUT2D eigenvalue weighted by atomic mass is 9.95. The van der Waals surface area contributed by atoms with Gasteiger partial charge in [-0.3, -0.25) is 0 Å². The van der Waals surface area contributed by atoms with Gasteiger partial charge >= 0.3 is 0 Å². The molecule has 0 saturated heterocycles. The molecule has 0 bridgehead atoms. The number of nitrogens with zero attached hydrogens (tertiary/aromatic N) is 9. The molecule has 9 nitrogen and oxygen atoms in total. The van der Waals surface area contributed by atoms with Gasteiger partial charge < -0.3 is 0 Å². The highest BCUT2D eigenvalue weighted by atomic mass is 15.1. The Balaban J connectivity index is 0.000000113. The molecule has 0 fully saturated rings. The molecule has 0 saturated carbocycles. The number of benzene rings is 22. The Morgan fingerprint density at radius 1 is 0.0909 bits per heavy atom. The highest BCUT2D eigenvalue weighted by molar-refractivity contribution is 6.23. The van der Waals surface area contributed by atoms with E-state index in [1.54, 1.807) is 0 Å². The zero-order valence-corrected chi connectivity index (χ0v) is 71.6. The second kappa shape index (κ2) is 34.9. The maximum Gasteiger partial charge on any atom is 0.164 e. The fourth-order valence-corrected chi connectivity index (χ4v) is 18.2. The number of hydrogen-bond acceptors (Lipinski definition) is 9. The third-order valence-corrected chi connectivity index (χ3v) is 24.9. The van der Waals surface area contributed by atoms with E-state index in [0.29, 0.717) is 52.4 Å². The molecule has 0 unspecified atom stereocenters. The van der Waals surface area contributed by atoms with Crippen LogP contribution in [0, 0.1) is 0 Å². The maximum absolute atomic E-state index is 5.06. The summed E-state index contributed by atoms with van der Waals surface area (Å²) in [5, 5.41) is 22.2. The lowest BCUT2D eigenvalue weighted by Crippen LogP contribution is -2.00. The van der Waals surface area contributed by atoms with Crippen LogP contribution in [0.1, 0.15) is 0 Å². The molecule has 616 valence electrons. The SMILES string of the molecule is c1ccc(-c2ccc(-c3nc(-c4ccc(-c5ccccc5)cc4)nc(-c4ccc5c(ccc6ccc7ccccc7c65)c4)n3)cc2)cc1.c1ccc(-c2ccc(-c3nc(-c4ccccc4)nc(-c4ccc5c(ccc6ccc7ccccc7c65)c4)n3)cc2)cc1.c1ccc(-c2cccc(-c3nc(-c4ccccc4)nc(-c4ccc5c(ccc6ccc7ccccc7c65)c4)n3)c2)cc1. The van der Waals surface area contributed by atoms with Crippen LogP contribution in [-0.4, -0.2) is 44.9 Å².